The maximum absolute atomic E-state index is 13.3. The van der Waals surface area contributed by atoms with E-state index in [9.17, 15) is 22.4 Å². The zero-order valence-corrected chi connectivity index (χ0v) is 15.8. The number of aromatic nitrogens is 2. The van der Waals surface area contributed by atoms with Crippen LogP contribution in [0.3, 0.4) is 0 Å². The third kappa shape index (κ3) is 3.78. The Labute approximate surface area is 160 Å². The maximum Gasteiger partial charge on any atom is 0.287 e. The molecule has 1 aromatic heterocycles. The van der Waals surface area contributed by atoms with Crippen LogP contribution in [0.15, 0.2) is 58.2 Å². The molecule has 8 nitrogen and oxygen atoms in total. The second kappa shape index (κ2) is 7.49. The van der Waals surface area contributed by atoms with Gasteiger partial charge < -0.3 is 0 Å². The number of amides is 1. The van der Waals surface area contributed by atoms with Gasteiger partial charge in [-0.05, 0) is 38.1 Å². The van der Waals surface area contributed by atoms with Crippen LogP contribution in [0.25, 0.3) is 10.8 Å². The fraction of sp³-hybridized carbons (Fsp3) is 0.167. The van der Waals surface area contributed by atoms with Gasteiger partial charge in [0.1, 0.15) is 5.82 Å². The van der Waals surface area contributed by atoms with Gasteiger partial charge in [0, 0.05) is 5.39 Å². The molecular weight excluding hydrogens is 387 g/mol. The van der Waals surface area contributed by atoms with E-state index in [0.29, 0.717) is 0 Å². The van der Waals surface area contributed by atoms with Gasteiger partial charge in [-0.2, -0.15) is 5.10 Å². The van der Waals surface area contributed by atoms with Crippen molar-refractivity contribution in [3.8, 4) is 0 Å². The molecule has 0 radical (unpaired) electrons. The van der Waals surface area contributed by atoms with E-state index in [1.807, 2.05) is 4.83 Å². The van der Waals surface area contributed by atoms with Crippen molar-refractivity contribution in [1.82, 2.24) is 20.0 Å². The molecule has 0 aliphatic heterocycles. The summed E-state index contributed by atoms with van der Waals surface area (Å²) < 4.78 is 38.9. The summed E-state index contributed by atoms with van der Waals surface area (Å²) in [5.41, 5.74) is 1.58. The smallest absolute Gasteiger partial charge is 0.272 e. The Morgan fingerprint density at radius 2 is 1.79 bits per heavy atom. The summed E-state index contributed by atoms with van der Waals surface area (Å²) in [6.07, 6.45) is 0. The van der Waals surface area contributed by atoms with Gasteiger partial charge in [-0.25, -0.2) is 17.5 Å². The highest BCUT2D eigenvalue weighted by molar-refractivity contribution is 7.89. The molecule has 0 bridgehead atoms. The number of nitrogens with one attached hydrogen (secondary N) is 2. The van der Waals surface area contributed by atoms with Gasteiger partial charge in [0.25, 0.3) is 21.5 Å². The molecule has 28 heavy (non-hydrogen) atoms. The van der Waals surface area contributed by atoms with Crippen LogP contribution in [0.5, 0.6) is 0 Å². The molecule has 0 aliphatic carbocycles. The van der Waals surface area contributed by atoms with Crippen LogP contribution in [0.1, 0.15) is 30.4 Å². The molecule has 2 N–H and O–H groups in total. The van der Waals surface area contributed by atoms with E-state index in [1.165, 1.54) is 12.1 Å². The number of carbonyl (C=O) groups is 1. The van der Waals surface area contributed by atoms with Crippen molar-refractivity contribution in [2.75, 3.05) is 0 Å². The van der Waals surface area contributed by atoms with E-state index in [0.717, 1.165) is 16.8 Å². The number of carbonyl (C=O) groups excluding carboxylic acids is 1. The van der Waals surface area contributed by atoms with E-state index in [4.69, 9.17) is 0 Å². The number of hydrogen-bond donors (Lipinski definition) is 2. The average molecular weight is 404 g/mol. The summed E-state index contributed by atoms with van der Waals surface area (Å²) in [5.74, 6) is -1.59. The van der Waals surface area contributed by atoms with Gasteiger partial charge in [0.15, 0.2) is 5.69 Å². The Hall–Kier alpha value is -3.11. The van der Waals surface area contributed by atoms with Crippen LogP contribution in [0, 0.1) is 5.82 Å². The fourth-order valence-electron chi connectivity index (χ4n) is 2.59. The largest absolute Gasteiger partial charge is 0.287 e. The summed E-state index contributed by atoms with van der Waals surface area (Å²) in [7, 11) is -4.19. The van der Waals surface area contributed by atoms with Gasteiger partial charge in [0.2, 0.25) is 0 Å². The Kier molecular flexibility index (Phi) is 5.25. The molecule has 3 rings (SSSR count). The molecular formula is C18H17FN4O4S. The average Bonchev–Trinajstić information content (AvgIpc) is 2.66. The number of hydrogen-bond acceptors (Lipinski definition) is 5. The molecule has 0 spiro atoms. The SMILES string of the molecule is CC(C)n1nc(C(=O)NNS(=O)(=O)c2cccc(F)c2)c2ccccc2c1=O. The van der Waals surface area contributed by atoms with Crippen molar-refractivity contribution >= 4 is 26.7 Å². The monoisotopic (exact) mass is 404 g/mol. The predicted molar refractivity (Wildman–Crippen MR) is 101 cm³/mol. The van der Waals surface area contributed by atoms with Crippen molar-refractivity contribution < 1.29 is 17.6 Å². The van der Waals surface area contributed by atoms with Crippen molar-refractivity contribution in [2.45, 2.75) is 24.8 Å². The summed E-state index contributed by atoms with van der Waals surface area (Å²) >= 11 is 0. The molecule has 1 amide bonds. The topological polar surface area (TPSA) is 110 Å². The minimum atomic E-state index is -4.19. The maximum atomic E-state index is 13.3. The number of sulfonamides is 1. The number of fused-ring (bicyclic) bond motifs is 1. The van der Waals surface area contributed by atoms with Crippen molar-refractivity contribution in [3.05, 3.63) is 70.4 Å². The third-order valence-electron chi connectivity index (χ3n) is 3.94. The minimum Gasteiger partial charge on any atom is -0.272 e. The summed E-state index contributed by atoms with van der Waals surface area (Å²) in [5, 5.41) is 4.65. The summed E-state index contributed by atoms with van der Waals surface area (Å²) in [6, 6.07) is 10.4. The van der Waals surface area contributed by atoms with Gasteiger partial charge in [-0.3, -0.25) is 15.0 Å². The quantitative estimate of drug-likeness (QED) is 0.630. The second-order valence-corrected chi connectivity index (χ2v) is 7.94. The van der Waals surface area contributed by atoms with Crippen LogP contribution >= 0.6 is 0 Å². The van der Waals surface area contributed by atoms with E-state index < -0.39 is 21.7 Å². The molecule has 0 atom stereocenters. The summed E-state index contributed by atoms with van der Waals surface area (Å²) in [4.78, 5) is 26.7. The Balaban J connectivity index is 1.96. The van der Waals surface area contributed by atoms with Gasteiger partial charge in [-0.15, -0.1) is 4.83 Å². The van der Waals surface area contributed by atoms with Crippen molar-refractivity contribution in [2.24, 2.45) is 0 Å². The minimum absolute atomic E-state index is 0.120. The number of rotatable bonds is 5. The number of benzene rings is 2. The number of hydrazine groups is 1. The lowest BCUT2D eigenvalue weighted by atomic mass is 10.1. The Bertz CT molecular complexity index is 1220. The fourth-order valence-corrected chi connectivity index (χ4v) is 3.46. The Morgan fingerprint density at radius 3 is 2.43 bits per heavy atom. The van der Waals surface area contributed by atoms with Crippen LogP contribution in [-0.4, -0.2) is 24.1 Å². The summed E-state index contributed by atoms with van der Waals surface area (Å²) in [6.45, 7) is 3.47. The van der Waals surface area contributed by atoms with E-state index >= 15 is 0 Å². The molecule has 2 aromatic carbocycles. The van der Waals surface area contributed by atoms with Gasteiger partial charge in [-0.1, -0.05) is 24.3 Å². The Morgan fingerprint density at radius 1 is 1.11 bits per heavy atom. The van der Waals surface area contributed by atoms with Gasteiger partial charge in [0.05, 0.1) is 16.3 Å². The third-order valence-corrected chi connectivity index (χ3v) is 5.18. The van der Waals surface area contributed by atoms with Gasteiger partial charge >= 0.3 is 0 Å². The lowest BCUT2D eigenvalue weighted by Gasteiger charge is -2.14. The molecule has 0 fully saturated rings. The van der Waals surface area contributed by atoms with Crippen LogP contribution in [0.2, 0.25) is 0 Å². The first-order valence-electron chi connectivity index (χ1n) is 8.30. The molecule has 3 aromatic rings. The molecule has 1 heterocycles. The first-order valence-corrected chi connectivity index (χ1v) is 9.78. The molecule has 0 aliphatic rings. The normalized spacial score (nSPS) is 11.7. The lowest BCUT2D eigenvalue weighted by Crippen LogP contribution is -2.42. The second-order valence-electron chi connectivity index (χ2n) is 6.25. The van der Waals surface area contributed by atoms with Crippen molar-refractivity contribution in [1.29, 1.82) is 0 Å². The highest BCUT2D eigenvalue weighted by Crippen LogP contribution is 2.15. The number of nitrogens with zero attached hydrogens (tertiary/aromatic N) is 2. The van der Waals surface area contributed by atoms with Crippen LogP contribution in [-0.2, 0) is 10.0 Å². The number of halogens is 1. The molecule has 10 heteroatoms. The van der Waals surface area contributed by atoms with Crippen molar-refractivity contribution in [3.63, 3.8) is 0 Å². The highest BCUT2D eigenvalue weighted by atomic mass is 32.2. The predicted octanol–water partition coefficient (Wildman–Crippen LogP) is 1.74. The first kappa shape index (κ1) is 19.6. The van der Waals surface area contributed by atoms with E-state index in [1.54, 1.807) is 38.1 Å². The highest BCUT2D eigenvalue weighted by Gasteiger charge is 2.20. The van der Waals surface area contributed by atoms with Crippen LogP contribution < -0.4 is 15.8 Å². The molecule has 146 valence electrons. The zero-order valence-electron chi connectivity index (χ0n) is 15.0. The molecule has 0 unspecified atom stereocenters. The zero-order chi connectivity index (χ0) is 20.5. The lowest BCUT2D eigenvalue weighted by molar-refractivity contribution is 0.0939. The van der Waals surface area contributed by atoms with Crippen LogP contribution in [0.4, 0.5) is 4.39 Å². The standard InChI is InChI=1S/C18H17FN4O4S/c1-11(2)23-18(25)15-9-4-3-8-14(15)16(21-23)17(24)20-22-28(26,27)13-7-5-6-12(19)10-13/h3-11,22H,1-2H3,(H,20,24). The molecule has 0 saturated carbocycles. The molecule has 0 saturated heterocycles. The van der Waals surface area contributed by atoms with E-state index in [-0.39, 0.29) is 33.0 Å². The first-order chi connectivity index (χ1) is 13.2. The van der Waals surface area contributed by atoms with E-state index in [2.05, 4.69) is 10.5 Å².